The van der Waals surface area contributed by atoms with Crippen LogP contribution in [-0.4, -0.2) is 15.4 Å². The van der Waals surface area contributed by atoms with Crippen molar-refractivity contribution in [3.63, 3.8) is 0 Å². The van der Waals surface area contributed by atoms with Crippen LogP contribution in [0.2, 0.25) is 5.02 Å². The number of nitro groups is 1. The van der Waals surface area contributed by atoms with Crippen LogP contribution in [0.25, 0.3) is 0 Å². The number of hydrogen-bond donors (Lipinski definition) is 1. The molecule has 0 bridgehead atoms. The number of pyridine rings is 1. The minimum atomic E-state index is -0.639. The van der Waals surface area contributed by atoms with Crippen LogP contribution in [0.5, 0.6) is 0 Å². The van der Waals surface area contributed by atoms with E-state index in [1.807, 2.05) is 0 Å². The minimum Gasteiger partial charge on any atom is -0.323 e. The smallest absolute Gasteiger partial charge is 0.285 e. The predicted molar refractivity (Wildman–Crippen MR) is 85.1 cm³/mol. The van der Waals surface area contributed by atoms with Crippen LogP contribution in [0.3, 0.4) is 0 Å². The summed E-state index contributed by atoms with van der Waals surface area (Å²) in [4.78, 5) is 33.6. The van der Waals surface area contributed by atoms with Gasteiger partial charge in [-0.3, -0.25) is 24.3 Å². The van der Waals surface area contributed by atoms with Crippen molar-refractivity contribution in [2.45, 2.75) is 6.54 Å². The molecule has 114 valence electrons. The number of halogens is 2. The molecule has 1 heterocycles. The van der Waals surface area contributed by atoms with Crippen molar-refractivity contribution in [1.82, 2.24) is 4.57 Å². The average Bonchev–Trinajstić information content (AvgIpc) is 2.44. The maximum absolute atomic E-state index is 11.9. The third kappa shape index (κ3) is 3.92. The largest absolute Gasteiger partial charge is 0.323 e. The quantitative estimate of drug-likeness (QED) is 0.646. The van der Waals surface area contributed by atoms with Gasteiger partial charge in [0.25, 0.3) is 11.2 Å². The molecule has 0 aliphatic carbocycles. The first-order chi connectivity index (χ1) is 10.4. The van der Waals surface area contributed by atoms with E-state index < -0.39 is 16.4 Å². The number of nitrogens with zero attached hydrogens (tertiary/aromatic N) is 2. The first kappa shape index (κ1) is 16.2. The molecule has 0 fully saturated rings. The van der Waals surface area contributed by atoms with E-state index >= 15 is 0 Å². The molecule has 22 heavy (non-hydrogen) atoms. The number of hydrogen-bond acceptors (Lipinski definition) is 4. The fourth-order valence-electron chi connectivity index (χ4n) is 1.69. The third-order valence-corrected chi connectivity index (χ3v) is 3.50. The van der Waals surface area contributed by atoms with Crippen LogP contribution < -0.4 is 10.9 Å². The van der Waals surface area contributed by atoms with Gasteiger partial charge in [0.2, 0.25) is 5.91 Å². The van der Waals surface area contributed by atoms with Crippen molar-refractivity contribution < 1.29 is 9.72 Å². The Labute approximate surface area is 137 Å². The maximum atomic E-state index is 11.9. The van der Waals surface area contributed by atoms with E-state index in [-0.39, 0.29) is 12.2 Å². The topological polar surface area (TPSA) is 94.2 Å². The number of aromatic nitrogens is 1. The fourth-order valence-corrected chi connectivity index (χ4v) is 2.41. The molecule has 0 saturated heterocycles. The van der Waals surface area contributed by atoms with Gasteiger partial charge in [-0.05, 0) is 18.2 Å². The highest BCUT2D eigenvalue weighted by Gasteiger charge is 2.12. The molecule has 1 N–H and O–H groups in total. The van der Waals surface area contributed by atoms with E-state index in [1.54, 1.807) is 18.2 Å². The fraction of sp³-hybridized carbons (Fsp3) is 0.0769. The number of carbonyl (C=O) groups is 1. The lowest BCUT2D eigenvalue weighted by atomic mass is 10.3. The van der Waals surface area contributed by atoms with Gasteiger partial charge in [-0.2, -0.15) is 0 Å². The zero-order chi connectivity index (χ0) is 16.3. The van der Waals surface area contributed by atoms with Gasteiger partial charge >= 0.3 is 0 Å². The lowest BCUT2D eigenvalue weighted by Crippen LogP contribution is -2.27. The first-order valence-corrected chi connectivity index (χ1v) is 7.13. The van der Waals surface area contributed by atoms with Crippen molar-refractivity contribution in [3.05, 3.63) is 66.5 Å². The Morgan fingerprint density at radius 1 is 1.36 bits per heavy atom. The molecule has 9 heteroatoms. The van der Waals surface area contributed by atoms with Crippen LogP contribution >= 0.6 is 27.5 Å². The first-order valence-electron chi connectivity index (χ1n) is 5.96. The second-order valence-corrected chi connectivity index (χ2v) is 5.61. The van der Waals surface area contributed by atoms with Crippen molar-refractivity contribution >= 4 is 44.8 Å². The Hall–Kier alpha value is -2.19. The lowest BCUT2D eigenvalue weighted by molar-refractivity contribution is -0.385. The molecule has 7 nitrogen and oxygen atoms in total. The summed E-state index contributed by atoms with van der Waals surface area (Å²) in [5.41, 5.74) is -0.398. The van der Waals surface area contributed by atoms with Gasteiger partial charge in [-0.1, -0.05) is 27.5 Å². The molecule has 0 aliphatic heterocycles. The molecule has 1 amide bonds. The van der Waals surface area contributed by atoms with Crippen LogP contribution in [0.4, 0.5) is 11.4 Å². The minimum absolute atomic E-state index is 0.269. The molecule has 0 radical (unpaired) electrons. The highest BCUT2D eigenvalue weighted by atomic mass is 79.9. The van der Waals surface area contributed by atoms with Gasteiger partial charge in [0, 0.05) is 16.6 Å². The monoisotopic (exact) mass is 385 g/mol. The number of nitrogens with one attached hydrogen (secondary N) is 1. The van der Waals surface area contributed by atoms with E-state index in [0.29, 0.717) is 10.7 Å². The third-order valence-electron chi connectivity index (χ3n) is 2.70. The Morgan fingerprint density at radius 3 is 2.73 bits per heavy atom. The SMILES string of the molecule is O=C(Cn1cc([N+](=O)[O-])ccc1=O)Nc1ccc(Br)cc1Cl. The van der Waals surface area contributed by atoms with Gasteiger partial charge in [-0.15, -0.1) is 0 Å². The van der Waals surface area contributed by atoms with E-state index in [9.17, 15) is 19.7 Å². The zero-order valence-corrected chi connectivity index (χ0v) is 13.3. The van der Waals surface area contributed by atoms with Crippen molar-refractivity contribution in [2.24, 2.45) is 0 Å². The summed E-state index contributed by atoms with van der Waals surface area (Å²) >= 11 is 9.21. The number of amides is 1. The summed E-state index contributed by atoms with van der Waals surface area (Å²) in [5, 5.41) is 13.6. The highest BCUT2D eigenvalue weighted by Crippen LogP contribution is 2.25. The van der Waals surface area contributed by atoms with Crippen molar-refractivity contribution in [1.29, 1.82) is 0 Å². The molecular weight excluding hydrogens is 378 g/mol. The second-order valence-electron chi connectivity index (χ2n) is 4.28. The Balaban J connectivity index is 2.17. The van der Waals surface area contributed by atoms with E-state index in [1.165, 1.54) is 0 Å². The summed E-state index contributed by atoms with van der Waals surface area (Å²) in [6, 6.07) is 7.03. The van der Waals surface area contributed by atoms with E-state index in [2.05, 4.69) is 21.2 Å². The normalized spacial score (nSPS) is 10.3. The summed E-state index contributed by atoms with van der Waals surface area (Å²) in [5.74, 6) is -0.521. The number of anilines is 1. The van der Waals surface area contributed by atoms with Gasteiger partial charge in [0.15, 0.2) is 0 Å². The highest BCUT2D eigenvalue weighted by molar-refractivity contribution is 9.10. The zero-order valence-electron chi connectivity index (χ0n) is 11.0. The lowest BCUT2D eigenvalue weighted by Gasteiger charge is -2.09. The van der Waals surface area contributed by atoms with Gasteiger partial charge in [0.1, 0.15) is 6.54 Å². The average molecular weight is 387 g/mol. The molecule has 1 aromatic heterocycles. The summed E-state index contributed by atoms with van der Waals surface area (Å²) < 4.78 is 1.71. The Morgan fingerprint density at radius 2 is 2.09 bits per heavy atom. The van der Waals surface area contributed by atoms with Crippen LogP contribution in [0.15, 0.2) is 45.8 Å². The van der Waals surface area contributed by atoms with Gasteiger partial charge in [-0.25, -0.2) is 0 Å². The Bertz CT molecular complexity index is 806. The molecule has 2 aromatic rings. The molecule has 0 atom stereocenters. The molecule has 0 unspecified atom stereocenters. The molecule has 0 saturated carbocycles. The van der Waals surface area contributed by atoms with Crippen molar-refractivity contribution in [2.75, 3.05) is 5.32 Å². The Kier molecular flexibility index (Phi) is 4.94. The van der Waals surface area contributed by atoms with E-state index in [0.717, 1.165) is 27.4 Å². The summed E-state index contributed by atoms with van der Waals surface area (Å²) in [6.45, 7) is -0.354. The maximum Gasteiger partial charge on any atom is 0.285 e. The predicted octanol–water partition coefficient (Wildman–Crippen LogP) is 2.81. The standard InChI is InChI=1S/C13H9BrClN3O4/c14-8-1-3-11(10(15)5-8)16-12(19)7-17-6-9(18(21)22)2-4-13(17)20/h1-6H,7H2,(H,16,19). The molecule has 1 aromatic carbocycles. The molecular formula is C13H9BrClN3O4. The van der Waals surface area contributed by atoms with Crippen LogP contribution in [0.1, 0.15) is 0 Å². The van der Waals surface area contributed by atoms with Crippen molar-refractivity contribution in [3.8, 4) is 0 Å². The van der Waals surface area contributed by atoms with Crippen LogP contribution in [0, 0.1) is 10.1 Å². The number of carbonyl (C=O) groups excluding carboxylic acids is 1. The molecule has 0 spiro atoms. The molecule has 0 aliphatic rings. The molecule has 2 rings (SSSR count). The summed E-state index contributed by atoms with van der Waals surface area (Å²) in [7, 11) is 0. The van der Waals surface area contributed by atoms with Gasteiger partial charge < -0.3 is 5.32 Å². The number of rotatable bonds is 4. The van der Waals surface area contributed by atoms with Gasteiger partial charge in [0.05, 0.1) is 21.8 Å². The summed E-state index contributed by atoms with van der Waals surface area (Å²) in [6.07, 6.45) is 1.02. The number of benzene rings is 1. The second kappa shape index (κ2) is 6.71. The van der Waals surface area contributed by atoms with E-state index in [4.69, 9.17) is 11.6 Å². The van der Waals surface area contributed by atoms with Crippen LogP contribution in [-0.2, 0) is 11.3 Å².